The van der Waals surface area contributed by atoms with E-state index in [1.807, 2.05) is 18.2 Å². The standard InChI is InChI=1S/C17H9F3N4O2/c18-17(19,20)12-7-6-11-13-14(26-15(11)23-12)16(25)24(9-21-13)22-8-10-4-2-1-3-5-10/h1-9H/b22-8+. The maximum absolute atomic E-state index is 12.8. The molecule has 0 aliphatic heterocycles. The second-order valence-electron chi connectivity index (χ2n) is 5.38. The van der Waals surface area contributed by atoms with Gasteiger partial charge in [0.25, 0.3) is 0 Å². The number of rotatable bonds is 2. The van der Waals surface area contributed by atoms with E-state index in [1.54, 1.807) is 12.1 Å². The van der Waals surface area contributed by atoms with Crippen molar-refractivity contribution < 1.29 is 17.6 Å². The molecule has 0 N–H and O–H groups in total. The molecule has 0 aliphatic rings. The van der Waals surface area contributed by atoms with Crippen LogP contribution in [0.4, 0.5) is 13.2 Å². The Bertz CT molecular complexity index is 1190. The van der Waals surface area contributed by atoms with Crippen molar-refractivity contribution in [2.24, 2.45) is 5.10 Å². The summed E-state index contributed by atoms with van der Waals surface area (Å²) in [6, 6.07) is 11.1. The molecule has 0 fully saturated rings. The molecule has 1 aromatic carbocycles. The number of pyridine rings is 1. The summed E-state index contributed by atoms with van der Waals surface area (Å²) in [4.78, 5) is 20.0. The third-order valence-corrected chi connectivity index (χ3v) is 3.65. The number of benzene rings is 1. The quantitative estimate of drug-likeness (QED) is 0.515. The molecule has 130 valence electrons. The van der Waals surface area contributed by atoms with Crippen molar-refractivity contribution in [3.8, 4) is 0 Å². The molecule has 4 rings (SSSR count). The lowest BCUT2D eigenvalue weighted by molar-refractivity contribution is -0.141. The third kappa shape index (κ3) is 2.73. The zero-order valence-electron chi connectivity index (χ0n) is 12.9. The van der Waals surface area contributed by atoms with Crippen LogP contribution >= 0.6 is 0 Å². The molecule has 6 nitrogen and oxygen atoms in total. The first-order valence-electron chi connectivity index (χ1n) is 7.41. The molecular formula is C17H9F3N4O2. The molecule has 3 aromatic heterocycles. The molecule has 0 spiro atoms. The molecule has 0 amide bonds. The average Bonchev–Trinajstić information content (AvgIpc) is 3.00. The van der Waals surface area contributed by atoms with Crippen LogP contribution in [0.3, 0.4) is 0 Å². The number of fused-ring (bicyclic) bond motifs is 3. The number of hydrogen-bond donors (Lipinski definition) is 0. The number of furan rings is 1. The van der Waals surface area contributed by atoms with Gasteiger partial charge in [-0.15, -0.1) is 0 Å². The first kappa shape index (κ1) is 16.0. The van der Waals surface area contributed by atoms with Crippen molar-refractivity contribution in [1.82, 2.24) is 14.6 Å². The Morgan fingerprint density at radius 2 is 1.88 bits per heavy atom. The Balaban J connectivity index is 1.83. The van der Waals surface area contributed by atoms with Crippen LogP contribution < -0.4 is 5.56 Å². The summed E-state index contributed by atoms with van der Waals surface area (Å²) in [7, 11) is 0. The zero-order chi connectivity index (χ0) is 18.3. The summed E-state index contributed by atoms with van der Waals surface area (Å²) in [5, 5.41) is 4.24. The average molecular weight is 358 g/mol. The first-order valence-corrected chi connectivity index (χ1v) is 7.41. The molecule has 26 heavy (non-hydrogen) atoms. The van der Waals surface area contributed by atoms with E-state index in [0.29, 0.717) is 0 Å². The van der Waals surface area contributed by atoms with E-state index >= 15 is 0 Å². The highest BCUT2D eigenvalue weighted by molar-refractivity contribution is 6.00. The smallest absolute Gasteiger partial charge is 0.430 e. The number of nitrogens with zero attached hydrogens (tertiary/aromatic N) is 4. The molecule has 0 aliphatic carbocycles. The maximum Gasteiger partial charge on any atom is 0.433 e. The van der Waals surface area contributed by atoms with Gasteiger partial charge in [-0.05, 0) is 17.7 Å². The Morgan fingerprint density at radius 1 is 1.12 bits per heavy atom. The fourth-order valence-electron chi connectivity index (χ4n) is 2.42. The monoisotopic (exact) mass is 358 g/mol. The minimum Gasteiger partial charge on any atom is -0.430 e. The number of alkyl halides is 3. The molecule has 0 bridgehead atoms. The summed E-state index contributed by atoms with van der Waals surface area (Å²) >= 11 is 0. The van der Waals surface area contributed by atoms with Crippen molar-refractivity contribution in [2.45, 2.75) is 6.18 Å². The molecule has 0 atom stereocenters. The molecule has 0 radical (unpaired) electrons. The van der Waals surface area contributed by atoms with E-state index in [-0.39, 0.29) is 22.2 Å². The molecule has 9 heteroatoms. The largest absolute Gasteiger partial charge is 0.433 e. The second kappa shape index (κ2) is 5.80. The van der Waals surface area contributed by atoms with E-state index in [0.717, 1.165) is 16.3 Å². The van der Waals surface area contributed by atoms with Gasteiger partial charge < -0.3 is 4.42 Å². The van der Waals surface area contributed by atoms with Crippen LogP contribution in [0.5, 0.6) is 0 Å². The van der Waals surface area contributed by atoms with Crippen molar-refractivity contribution >= 4 is 28.4 Å². The fraction of sp³-hybridized carbons (Fsp3) is 0.0588. The normalized spacial score (nSPS) is 12.4. The Hall–Kier alpha value is -3.49. The summed E-state index contributed by atoms with van der Waals surface area (Å²) < 4.78 is 44.5. The molecule has 4 aromatic rings. The third-order valence-electron chi connectivity index (χ3n) is 3.65. The predicted molar refractivity (Wildman–Crippen MR) is 88.0 cm³/mol. The van der Waals surface area contributed by atoms with Crippen molar-refractivity contribution in [3.05, 3.63) is 70.4 Å². The van der Waals surface area contributed by atoms with E-state index in [2.05, 4.69) is 15.1 Å². The van der Waals surface area contributed by atoms with Crippen LogP contribution in [-0.2, 0) is 6.18 Å². The molecular weight excluding hydrogens is 349 g/mol. The van der Waals surface area contributed by atoms with Gasteiger partial charge in [0.1, 0.15) is 17.5 Å². The van der Waals surface area contributed by atoms with Crippen LogP contribution in [0.1, 0.15) is 11.3 Å². The van der Waals surface area contributed by atoms with Crippen LogP contribution in [0.25, 0.3) is 22.2 Å². The van der Waals surface area contributed by atoms with Crippen molar-refractivity contribution in [3.63, 3.8) is 0 Å². The highest BCUT2D eigenvalue weighted by atomic mass is 19.4. The second-order valence-corrected chi connectivity index (χ2v) is 5.38. The summed E-state index contributed by atoms with van der Waals surface area (Å²) in [5.41, 5.74) is -1.36. The van der Waals surface area contributed by atoms with Crippen molar-refractivity contribution in [2.75, 3.05) is 0 Å². The Labute approximate surface area is 143 Å². The molecule has 0 saturated carbocycles. The lowest BCUT2D eigenvalue weighted by atomic mass is 10.2. The van der Waals surface area contributed by atoms with E-state index in [9.17, 15) is 18.0 Å². The van der Waals surface area contributed by atoms with Gasteiger partial charge in [0.2, 0.25) is 11.3 Å². The molecule has 0 saturated heterocycles. The topological polar surface area (TPSA) is 73.3 Å². The minimum absolute atomic E-state index is 0.136. The van der Waals surface area contributed by atoms with Gasteiger partial charge in [0, 0.05) is 0 Å². The lowest BCUT2D eigenvalue weighted by Gasteiger charge is -2.03. The van der Waals surface area contributed by atoms with Crippen LogP contribution in [-0.4, -0.2) is 20.9 Å². The number of hydrogen-bond acceptors (Lipinski definition) is 5. The Morgan fingerprint density at radius 3 is 2.62 bits per heavy atom. The zero-order valence-corrected chi connectivity index (χ0v) is 12.9. The summed E-state index contributed by atoms with van der Waals surface area (Å²) in [5.74, 6) is 0. The minimum atomic E-state index is -4.61. The van der Waals surface area contributed by atoms with E-state index in [4.69, 9.17) is 4.42 Å². The first-order chi connectivity index (χ1) is 12.4. The summed E-state index contributed by atoms with van der Waals surface area (Å²) in [6.07, 6.45) is -1.98. The van der Waals surface area contributed by atoms with Gasteiger partial charge in [-0.1, -0.05) is 30.3 Å². The van der Waals surface area contributed by atoms with Gasteiger partial charge in [-0.25, -0.2) is 9.97 Å². The highest BCUT2D eigenvalue weighted by Crippen LogP contribution is 2.31. The highest BCUT2D eigenvalue weighted by Gasteiger charge is 2.33. The van der Waals surface area contributed by atoms with Crippen LogP contribution in [0.15, 0.2) is 63.1 Å². The van der Waals surface area contributed by atoms with Gasteiger partial charge >= 0.3 is 11.7 Å². The predicted octanol–water partition coefficient (Wildman–Crippen LogP) is 3.44. The van der Waals surface area contributed by atoms with Gasteiger partial charge in [-0.3, -0.25) is 4.79 Å². The van der Waals surface area contributed by atoms with E-state index in [1.165, 1.54) is 18.6 Å². The van der Waals surface area contributed by atoms with Gasteiger partial charge in [0.05, 0.1) is 11.6 Å². The molecule has 3 heterocycles. The van der Waals surface area contributed by atoms with Crippen molar-refractivity contribution in [1.29, 1.82) is 0 Å². The van der Waals surface area contributed by atoms with E-state index < -0.39 is 17.4 Å². The number of halogens is 3. The summed E-state index contributed by atoms with van der Waals surface area (Å²) in [6.45, 7) is 0. The van der Waals surface area contributed by atoms with Gasteiger partial charge in [-0.2, -0.15) is 22.9 Å². The lowest BCUT2D eigenvalue weighted by Crippen LogP contribution is -2.16. The van der Waals surface area contributed by atoms with Gasteiger partial charge in [0.15, 0.2) is 0 Å². The van der Waals surface area contributed by atoms with Crippen LogP contribution in [0.2, 0.25) is 0 Å². The molecule has 0 unspecified atom stereocenters. The fourth-order valence-corrected chi connectivity index (χ4v) is 2.42. The SMILES string of the molecule is O=c1c2oc3nc(C(F)(F)F)ccc3c2ncn1/N=C/c1ccccc1. The number of aromatic nitrogens is 3. The Kier molecular flexibility index (Phi) is 3.57. The van der Waals surface area contributed by atoms with Crippen LogP contribution in [0, 0.1) is 0 Å². The maximum atomic E-state index is 12.8.